The van der Waals surface area contributed by atoms with Crippen LogP contribution in [-0.4, -0.2) is 90.5 Å². The number of hydrogen-bond donors (Lipinski definition) is 2. The fraction of sp³-hybridized carbons (Fsp3) is 0.680. The van der Waals surface area contributed by atoms with Gasteiger partial charge in [-0.15, -0.1) is 0 Å². The third kappa shape index (κ3) is 10.0. The van der Waals surface area contributed by atoms with Gasteiger partial charge in [0.1, 0.15) is 6.07 Å². The Kier molecular flexibility index (Phi) is 11.6. The second kappa shape index (κ2) is 13.9. The van der Waals surface area contributed by atoms with Gasteiger partial charge < -0.3 is 19.7 Å². The van der Waals surface area contributed by atoms with Crippen molar-refractivity contribution in [2.45, 2.75) is 57.1 Å². The zero-order valence-corrected chi connectivity index (χ0v) is 23.0. The second-order valence-electron chi connectivity index (χ2n) is 10.0. The van der Waals surface area contributed by atoms with Gasteiger partial charge in [-0.2, -0.15) is 5.26 Å². The number of piperazine rings is 1. The van der Waals surface area contributed by atoms with Crippen LogP contribution in [0.5, 0.6) is 0 Å². The number of hydrogen-bond acceptors (Lipinski definition) is 8. The van der Waals surface area contributed by atoms with Crippen LogP contribution in [0.25, 0.3) is 0 Å². The molecule has 0 saturated carbocycles. The number of ether oxygens (including phenoxy) is 2. The van der Waals surface area contributed by atoms with E-state index in [0.717, 1.165) is 6.42 Å². The lowest BCUT2D eigenvalue weighted by Crippen LogP contribution is -2.49. The summed E-state index contributed by atoms with van der Waals surface area (Å²) in [6.45, 7) is 12.3. The lowest BCUT2D eigenvalue weighted by atomic mass is 10.1. The Morgan fingerprint density at radius 2 is 1.89 bits per heavy atom. The number of sulfonamides is 1. The molecule has 1 saturated heterocycles. The van der Waals surface area contributed by atoms with Crippen molar-refractivity contribution in [3.8, 4) is 6.07 Å². The lowest BCUT2D eigenvalue weighted by molar-refractivity contribution is -0.122. The van der Waals surface area contributed by atoms with E-state index in [1.807, 2.05) is 20.8 Å². The van der Waals surface area contributed by atoms with Crippen LogP contribution in [0.15, 0.2) is 23.1 Å². The van der Waals surface area contributed by atoms with E-state index in [1.165, 1.54) is 12.1 Å². The molecule has 1 heterocycles. The minimum Gasteiger partial charge on any atom is -0.385 e. The Morgan fingerprint density at radius 1 is 1.19 bits per heavy atom. The van der Waals surface area contributed by atoms with E-state index in [1.54, 1.807) is 20.1 Å². The van der Waals surface area contributed by atoms with Crippen LogP contribution in [0, 0.1) is 11.3 Å². The molecule has 0 aliphatic carbocycles. The van der Waals surface area contributed by atoms with Crippen molar-refractivity contribution in [2.24, 2.45) is 0 Å². The van der Waals surface area contributed by atoms with Crippen LogP contribution in [0.3, 0.4) is 0 Å². The molecule has 1 aromatic rings. The van der Waals surface area contributed by atoms with E-state index < -0.39 is 10.0 Å². The molecule has 0 aromatic heterocycles. The van der Waals surface area contributed by atoms with E-state index >= 15 is 0 Å². The molecule has 1 fully saturated rings. The normalized spacial score (nSPS) is 15.9. The first-order valence-electron chi connectivity index (χ1n) is 12.4. The van der Waals surface area contributed by atoms with Gasteiger partial charge in [-0.3, -0.25) is 9.69 Å². The van der Waals surface area contributed by atoms with Crippen molar-refractivity contribution in [3.63, 3.8) is 0 Å². The molecule has 0 spiro atoms. The summed E-state index contributed by atoms with van der Waals surface area (Å²) in [5.41, 5.74) is 0.732. The fourth-order valence-electron chi connectivity index (χ4n) is 3.83. The van der Waals surface area contributed by atoms with Crippen LogP contribution < -0.4 is 14.9 Å². The van der Waals surface area contributed by atoms with Gasteiger partial charge in [0, 0.05) is 59.1 Å². The first-order valence-corrected chi connectivity index (χ1v) is 13.9. The Bertz CT molecular complexity index is 995. The summed E-state index contributed by atoms with van der Waals surface area (Å²) in [6, 6.07) is 6.49. The first-order chi connectivity index (χ1) is 16.9. The third-order valence-corrected chi connectivity index (χ3v) is 7.36. The highest BCUT2D eigenvalue weighted by Crippen LogP contribution is 2.25. The van der Waals surface area contributed by atoms with Crippen LogP contribution in [0.4, 0.5) is 5.69 Å². The number of nitriles is 1. The SMILES string of the molecule is COCCCNC(=O)CN1CCN(c2ccc(S(=O)(=O)N[C@H](C)CCOC(C)(C)C)cc2C#N)CC1. The van der Waals surface area contributed by atoms with Crippen LogP contribution in [0.2, 0.25) is 0 Å². The summed E-state index contributed by atoms with van der Waals surface area (Å²) in [4.78, 5) is 16.3. The average Bonchev–Trinajstić information content (AvgIpc) is 2.81. The number of benzene rings is 1. The molecule has 36 heavy (non-hydrogen) atoms. The third-order valence-electron chi connectivity index (χ3n) is 5.77. The van der Waals surface area contributed by atoms with Gasteiger partial charge in [0.2, 0.25) is 15.9 Å². The number of carbonyl (C=O) groups is 1. The number of amides is 1. The molecule has 0 unspecified atom stereocenters. The van der Waals surface area contributed by atoms with Crippen molar-refractivity contribution in [2.75, 3.05) is 64.5 Å². The molecule has 10 nitrogen and oxygen atoms in total. The van der Waals surface area contributed by atoms with E-state index in [4.69, 9.17) is 9.47 Å². The highest BCUT2D eigenvalue weighted by molar-refractivity contribution is 7.89. The predicted octanol–water partition coefficient (Wildman–Crippen LogP) is 1.70. The second-order valence-corrected chi connectivity index (χ2v) is 11.7. The maximum atomic E-state index is 12.9. The molecule has 0 radical (unpaired) electrons. The van der Waals surface area contributed by atoms with Gasteiger partial charge in [0.25, 0.3) is 0 Å². The summed E-state index contributed by atoms with van der Waals surface area (Å²) >= 11 is 0. The monoisotopic (exact) mass is 523 g/mol. The zero-order valence-electron chi connectivity index (χ0n) is 22.2. The molecule has 2 rings (SSSR count). The molecule has 202 valence electrons. The minimum atomic E-state index is -3.77. The van der Waals surface area contributed by atoms with Gasteiger partial charge in [-0.1, -0.05) is 0 Å². The zero-order chi connectivity index (χ0) is 26.8. The van der Waals surface area contributed by atoms with Crippen LogP contribution in [0.1, 0.15) is 46.1 Å². The van der Waals surface area contributed by atoms with Gasteiger partial charge >= 0.3 is 0 Å². The van der Waals surface area contributed by atoms with Crippen molar-refractivity contribution < 1.29 is 22.7 Å². The standard InChI is InChI=1S/C25H41N5O5S/c1-20(9-16-35-25(2,3)4)28-36(32,33)22-7-8-23(21(17-22)18-26)30-13-11-29(12-14-30)19-24(31)27-10-6-15-34-5/h7-8,17,20,28H,6,9-16,19H2,1-5H3,(H,27,31)/t20-/m1/s1. The maximum absolute atomic E-state index is 12.9. The van der Waals surface area contributed by atoms with Gasteiger partial charge in [0.15, 0.2) is 0 Å². The van der Waals surface area contributed by atoms with Crippen LogP contribution in [-0.2, 0) is 24.3 Å². The fourth-order valence-corrected chi connectivity index (χ4v) is 5.14. The van der Waals surface area contributed by atoms with Crippen molar-refractivity contribution in [1.82, 2.24) is 14.9 Å². The number of nitrogens with one attached hydrogen (secondary N) is 2. The molecule has 0 bridgehead atoms. The Hall–Kier alpha value is -2.23. The average molecular weight is 524 g/mol. The Labute approximate surface area is 216 Å². The summed E-state index contributed by atoms with van der Waals surface area (Å²) in [6.07, 6.45) is 1.31. The number of methoxy groups -OCH3 is 1. The van der Waals surface area contributed by atoms with E-state index in [-0.39, 0.29) is 22.4 Å². The molecule has 11 heteroatoms. The van der Waals surface area contributed by atoms with Gasteiger partial charge in [0.05, 0.1) is 28.3 Å². The van der Waals surface area contributed by atoms with Gasteiger partial charge in [-0.05, 0) is 58.7 Å². The van der Waals surface area contributed by atoms with Crippen molar-refractivity contribution in [3.05, 3.63) is 23.8 Å². The predicted molar refractivity (Wildman–Crippen MR) is 139 cm³/mol. The molecular weight excluding hydrogens is 482 g/mol. The lowest BCUT2D eigenvalue weighted by Gasteiger charge is -2.36. The van der Waals surface area contributed by atoms with E-state index in [2.05, 4.69) is 25.9 Å². The summed E-state index contributed by atoms with van der Waals surface area (Å²) < 4.78 is 39.1. The maximum Gasteiger partial charge on any atom is 0.240 e. The van der Waals surface area contributed by atoms with E-state index in [9.17, 15) is 18.5 Å². The Morgan fingerprint density at radius 3 is 2.50 bits per heavy atom. The quantitative estimate of drug-likeness (QED) is 0.375. The number of nitrogens with zero attached hydrogens (tertiary/aromatic N) is 3. The summed E-state index contributed by atoms with van der Waals surface area (Å²) in [5, 5.41) is 12.6. The minimum absolute atomic E-state index is 0.0153. The smallest absolute Gasteiger partial charge is 0.240 e. The van der Waals surface area contributed by atoms with Gasteiger partial charge in [-0.25, -0.2) is 13.1 Å². The molecule has 1 aromatic carbocycles. The highest BCUT2D eigenvalue weighted by atomic mass is 32.2. The number of anilines is 1. The molecular formula is C25H41N5O5S. The van der Waals surface area contributed by atoms with E-state index in [0.29, 0.717) is 70.2 Å². The largest absolute Gasteiger partial charge is 0.385 e. The molecule has 1 amide bonds. The Balaban J connectivity index is 1.93. The molecule has 1 atom stereocenters. The highest BCUT2D eigenvalue weighted by Gasteiger charge is 2.24. The molecule has 1 aliphatic rings. The molecule has 2 N–H and O–H groups in total. The number of rotatable bonds is 13. The summed E-state index contributed by atoms with van der Waals surface area (Å²) in [5.74, 6) is -0.0153. The van der Waals surface area contributed by atoms with Crippen LogP contribution >= 0.6 is 0 Å². The summed E-state index contributed by atoms with van der Waals surface area (Å²) in [7, 11) is -2.14. The van der Waals surface area contributed by atoms with Crippen molar-refractivity contribution >= 4 is 21.6 Å². The topological polar surface area (TPSA) is 124 Å². The first kappa shape index (κ1) is 30.0. The number of carbonyl (C=O) groups excluding carboxylic acids is 1. The van der Waals surface area contributed by atoms with Crippen molar-refractivity contribution in [1.29, 1.82) is 5.26 Å². The molecule has 1 aliphatic heterocycles.